The van der Waals surface area contributed by atoms with Gasteiger partial charge in [0.1, 0.15) is 23.9 Å². The molecule has 0 aliphatic carbocycles. The lowest BCUT2D eigenvalue weighted by Crippen LogP contribution is -2.46. The number of benzene rings is 3. The summed E-state index contributed by atoms with van der Waals surface area (Å²) in [7, 11) is 4.65. The third-order valence-electron chi connectivity index (χ3n) is 7.37. The molecule has 2 atom stereocenters. The predicted molar refractivity (Wildman–Crippen MR) is 155 cm³/mol. The summed E-state index contributed by atoms with van der Waals surface area (Å²) in [6.07, 6.45) is 1.74. The molecule has 2 heterocycles. The fraction of sp³-hybridized carbons (Fsp3) is 0.355. The number of para-hydroxylation sites is 2. The number of aromatic nitrogens is 3. The summed E-state index contributed by atoms with van der Waals surface area (Å²) >= 11 is 0. The minimum absolute atomic E-state index is 0.0696. The highest BCUT2D eigenvalue weighted by Crippen LogP contribution is 2.34. The Morgan fingerprint density at radius 3 is 2.52 bits per heavy atom. The highest BCUT2D eigenvalue weighted by atomic mass is 16.5. The van der Waals surface area contributed by atoms with Gasteiger partial charge in [-0.05, 0) is 48.7 Å². The zero-order valence-electron chi connectivity index (χ0n) is 24.0. The van der Waals surface area contributed by atoms with Crippen LogP contribution in [0.3, 0.4) is 0 Å². The molecule has 1 aliphatic rings. The second kappa shape index (κ2) is 13.3. The van der Waals surface area contributed by atoms with Crippen molar-refractivity contribution >= 4 is 22.8 Å². The van der Waals surface area contributed by atoms with Crippen LogP contribution >= 0.6 is 0 Å². The zero-order chi connectivity index (χ0) is 29.5. The van der Waals surface area contributed by atoms with Crippen molar-refractivity contribution in [1.29, 1.82) is 0 Å². The molecular formula is C31H35N5O6. The molecule has 0 unspecified atom stereocenters. The maximum absolute atomic E-state index is 14.3. The molecule has 3 aromatic carbocycles. The van der Waals surface area contributed by atoms with Crippen LogP contribution in [0.4, 0.5) is 0 Å². The molecule has 4 aromatic rings. The van der Waals surface area contributed by atoms with Crippen molar-refractivity contribution in [3.8, 4) is 17.2 Å². The number of carbonyl (C=O) groups excluding carboxylic acids is 2. The average Bonchev–Trinajstić information content (AvgIpc) is 3.70. The lowest BCUT2D eigenvalue weighted by atomic mass is 10.0. The van der Waals surface area contributed by atoms with Gasteiger partial charge in [-0.25, -0.2) is 4.68 Å². The van der Waals surface area contributed by atoms with Crippen LogP contribution in [0.25, 0.3) is 11.0 Å². The second-order valence-corrected chi connectivity index (χ2v) is 9.97. The Morgan fingerprint density at radius 1 is 1.00 bits per heavy atom. The SMILES string of the molecule is COc1ccccc1CN(C(=O)Cn1nnc2ccccc21)[C@H](C(=O)NC[C@@H]1CCCO1)c1ccc(OC)c(OC)c1. The van der Waals surface area contributed by atoms with Gasteiger partial charge in [0.05, 0.1) is 39.5 Å². The first kappa shape index (κ1) is 28.9. The van der Waals surface area contributed by atoms with E-state index < -0.39 is 6.04 Å². The van der Waals surface area contributed by atoms with Gasteiger partial charge < -0.3 is 29.2 Å². The zero-order valence-corrected chi connectivity index (χ0v) is 24.0. The average molecular weight is 574 g/mol. The number of amides is 2. The van der Waals surface area contributed by atoms with E-state index in [1.165, 1.54) is 7.11 Å². The number of nitrogens with zero attached hydrogens (tertiary/aromatic N) is 4. The van der Waals surface area contributed by atoms with Crippen molar-refractivity contribution in [2.75, 3.05) is 34.5 Å². The van der Waals surface area contributed by atoms with Crippen molar-refractivity contribution in [2.45, 2.75) is 38.1 Å². The number of hydrogen-bond donors (Lipinski definition) is 1. The Bertz CT molecular complexity index is 1530. The van der Waals surface area contributed by atoms with Gasteiger partial charge in [-0.15, -0.1) is 5.10 Å². The van der Waals surface area contributed by atoms with Gasteiger partial charge in [0, 0.05) is 18.7 Å². The summed E-state index contributed by atoms with van der Waals surface area (Å²) in [5, 5.41) is 11.4. The Hall–Kier alpha value is -4.64. The van der Waals surface area contributed by atoms with Gasteiger partial charge in [0.15, 0.2) is 11.5 Å². The predicted octanol–water partition coefficient (Wildman–Crippen LogP) is 3.52. The molecule has 1 saturated heterocycles. The number of fused-ring (bicyclic) bond motifs is 1. The molecule has 0 radical (unpaired) electrons. The molecule has 5 rings (SSSR count). The number of ether oxygens (including phenoxy) is 4. The summed E-state index contributed by atoms with van der Waals surface area (Å²) in [6, 6.07) is 19.1. The van der Waals surface area contributed by atoms with Crippen LogP contribution in [0, 0.1) is 0 Å². The molecule has 1 fully saturated rings. The first-order valence-electron chi connectivity index (χ1n) is 13.8. The largest absolute Gasteiger partial charge is 0.496 e. The van der Waals surface area contributed by atoms with Gasteiger partial charge in [-0.3, -0.25) is 9.59 Å². The van der Waals surface area contributed by atoms with Gasteiger partial charge in [0.2, 0.25) is 11.8 Å². The van der Waals surface area contributed by atoms with Crippen LogP contribution in [0.5, 0.6) is 17.2 Å². The third-order valence-corrected chi connectivity index (χ3v) is 7.37. The van der Waals surface area contributed by atoms with E-state index in [-0.39, 0.29) is 31.0 Å². The summed E-state index contributed by atoms with van der Waals surface area (Å²) in [4.78, 5) is 29.9. The molecule has 0 spiro atoms. The molecule has 1 N–H and O–H groups in total. The van der Waals surface area contributed by atoms with E-state index in [9.17, 15) is 9.59 Å². The van der Waals surface area contributed by atoms with Crippen LogP contribution in [0.2, 0.25) is 0 Å². The van der Waals surface area contributed by atoms with E-state index in [2.05, 4.69) is 15.6 Å². The van der Waals surface area contributed by atoms with Gasteiger partial charge in [0.25, 0.3) is 0 Å². The van der Waals surface area contributed by atoms with Crippen molar-refractivity contribution in [1.82, 2.24) is 25.2 Å². The molecular weight excluding hydrogens is 538 g/mol. The molecule has 42 heavy (non-hydrogen) atoms. The van der Waals surface area contributed by atoms with Crippen LogP contribution in [0.15, 0.2) is 66.7 Å². The molecule has 1 aromatic heterocycles. The monoisotopic (exact) mass is 573 g/mol. The Labute approximate surface area is 244 Å². The van der Waals surface area contributed by atoms with Crippen LogP contribution in [0.1, 0.15) is 30.0 Å². The Kier molecular flexibility index (Phi) is 9.18. The number of nitrogens with one attached hydrogen (secondary N) is 1. The highest BCUT2D eigenvalue weighted by Gasteiger charge is 2.34. The molecule has 0 bridgehead atoms. The fourth-order valence-corrected chi connectivity index (χ4v) is 5.21. The number of carbonyl (C=O) groups is 2. The summed E-state index contributed by atoms with van der Waals surface area (Å²) in [5.74, 6) is 0.885. The highest BCUT2D eigenvalue weighted by molar-refractivity contribution is 5.89. The maximum atomic E-state index is 14.3. The summed E-state index contributed by atoms with van der Waals surface area (Å²) < 4.78 is 23.9. The third kappa shape index (κ3) is 6.31. The van der Waals surface area contributed by atoms with Crippen LogP contribution in [-0.2, 0) is 27.4 Å². The lowest BCUT2D eigenvalue weighted by molar-refractivity contribution is -0.142. The van der Waals surface area contributed by atoms with Crippen LogP contribution in [-0.4, -0.2) is 72.3 Å². The summed E-state index contributed by atoms with van der Waals surface area (Å²) in [6.45, 7) is 0.983. The molecule has 2 amide bonds. The molecule has 11 nitrogen and oxygen atoms in total. The van der Waals surface area contributed by atoms with Crippen molar-refractivity contribution < 1.29 is 28.5 Å². The van der Waals surface area contributed by atoms with Gasteiger partial charge in [-0.2, -0.15) is 0 Å². The number of methoxy groups -OCH3 is 3. The standard InChI is InChI=1S/C31H35N5O6/c1-39-26-13-7-4-9-22(26)19-35(29(37)20-36-25-12-6-5-11-24(25)33-34-36)30(31(38)32-18-23-10-8-16-42-23)21-14-15-27(40-2)28(17-21)41-3/h4-7,9,11-15,17,23,30H,8,10,16,18-20H2,1-3H3,(H,32,38)/t23-,30-/m0/s1. The number of rotatable bonds is 12. The van der Waals surface area contributed by atoms with Crippen molar-refractivity contribution in [2.24, 2.45) is 0 Å². The van der Waals surface area contributed by atoms with Crippen LogP contribution < -0.4 is 19.5 Å². The van der Waals surface area contributed by atoms with E-state index in [1.54, 1.807) is 42.0 Å². The quantitative estimate of drug-likeness (QED) is 0.274. The normalized spacial score (nSPS) is 15.3. The van der Waals surface area contributed by atoms with Crippen molar-refractivity contribution in [3.05, 3.63) is 77.9 Å². The van der Waals surface area contributed by atoms with E-state index >= 15 is 0 Å². The smallest absolute Gasteiger partial charge is 0.247 e. The minimum atomic E-state index is -1.02. The Balaban J connectivity index is 1.56. The second-order valence-electron chi connectivity index (χ2n) is 9.97. The summed E-state index contributed by atoms with van der Waals surface area (Å²) in [5.41, 5.74) is 2.69. The topological polar surface area (TPSA) is 117 Å². The first-order chi connectivity index (χ1) is 20.5. The number of hydrogen-bond acceptors (Lipinski definition) is 8. The van der Waals surface area contributed by atoms with E-state index in [0.29, 0.717) is 47.0 Å². The minimum Gasteiger partial charge on any atom is -0.496 e. The molecule has 220 valence electrons. The van der Waals surface area contributed by atoms with E-state index in [4.69, 9.17) is 18.9 Å². The Morgan fingerprint density at radius 2 is 1.76 bits per heavy atom. The molecule has 11 heteroatoms. The molecule has 1 aliphatic heterocycles. The van der Waals surface area contributed by atoms with Crippen molar-refractivity contribution in [3.63, 3.8) is 0 Å². The van der Waals surface area contributed by atoms with Gasteiger partial charge >= 0.3 is 0 Å². The van der Waals surface area contributed by atoms with E-state index in [0.717, 1.165) is 18.4 Å². The first-order valence-corrected chi connectivity index (χ1v) is 13.8. The maximum Gasteiger partial charge on any atom is 0.247 e. The fourth-order valence-electron chi connectivity index (χ4n) is 5.21. The van der Waals surface area contributed by atoms with E-state index in [1.807, 2.05) is 48.5 Å². The van der Waals surface area contributed by atoms with Gasteiger partial charge in [-0.1, -0.05) is 41.6 Å². The molecule has 0 saturated carbocycles. The lowest BCUT2D eigenvalue weighted by Gasteiger charge is -2.32.